The molecular weight excluding hydrogens is 346 g/mol. The molecule has 0 aliphatic carbocycles. The first-order valence-electron chi connectivity index (χ1n) is 8.32. The molecule has 2 heterocycles. The van der Waals surface area contributed by atoms with Crippen molar-refractivity contribution >= 4 is 22.4 Å². The van der Waals surface area contributed by atoms with E-state index in [2.05, 4.69) is 10.1 Å². The minimum atomic E-state index is -0.694. The highest BCUT2D eigenvalue weighted by atomic mass is 16.5. The van der Waals surface area contributed by atoms with Crippen molar-refractivity contribution in [1.29, 1.82) is 0 Å². The van der Waals surface area contributed by atoms with Crippen LogP contribution in [0.1, 0.15) is 21.6 Å². The van der Waals surface area contributed by atoms with E-state index in [1.807, 2.05) is 32.0 Å². The number of hydrogen-bond donors (Lipinski definition) is 1. The largest absolute Gasteiger partial charge is 0.505 e. The molecule has 1 N–H and O–H groups in total. The van der Waals surface area contributed by atoms with E-state index >= 15 is 0 Å². The molecule has 4 aromatic rings. The molecule has 2 aromatic carbocycles. The average Bonchev–Trinajstić information content (AvgIpc) is 3.14. The molecular formula is C20H17N3O4. The molecule has 0 atom stereocenters. The number of benzene rings is 2. The van der Waals surface area contributed by atoms with Crippen molar-refractivity contribution in [1.82, 2.24) is 14.6 Å². The van der Waals surface area contributed by atoms with Gasteiger partial charge in [-0.1, -0.05) is 18.2 Å². The van der Waals surface area contributed by atoms with Crippen LogP contribution >= 0.6 is 0 Å². The number of aromatic hydroxyl groups is 1. The first-order chi connectivity index (χ1) is 13.0. The van der Waals surface area contributed by atoms with Crippen molar-refractivity contribution in [2.24, 2.45) is 0 Å². The highest BCUT2D eigenvalue weighted by molar-refractivity contribution is 6.05. The Kier molecular flexibility index (Phi) is 3.92. The number of pyridine rings is 1. The lowest BCUT2D eigenvalue weighted by molar-refractivity contribution is 0.0587. The summed E-state index contributed by atoms with van der Waals surface area (Å²) in [5, 5.41) is 15.7. The molecule has 136 valence electrons. The molecule has 0 amide bonds. The molecule has 0 aliphatic rings. The fraction of sp³-hybridized carbons (Fsp3) is 0.150. The van der Waals surface area contributed by atoms with Crippen molar-refractivity contribution < 1.29 is 19.4 Å². The van der Waals surface area contributed by atoms with Gasteiger partial charge in [0.15, 0.2) is 17.1 Å². The van der Waals surface area contributed by atoms with Crippen molar-refractivity contribution in [2.75, 3.05) is 7.11 Å². The van der Waals surface area contributed by atoms with Gasteiger partial charge in [-0.3, -0.25) is 0 Å². The summed E-state index contributed by atoms with van der Waals surface area (Å²) in [6.45, 7) is 3.96. The van der Waals surface area contributed by atoms with Gasteiger partial charge < -0.3 is 14.6 Å². The van der Waals surface area contributed by atoms with Crippen molar-refractivity contribution in [3.8, 4) is 17.2 Å². The van der Waals surface area contributed by atoms with Crippen LogP contribution in [0.2, 0.25) is 0 Å². The van der Waals surface area contributed by atoms with Crippen LogP contribution in [-0.2, 0) is 4.74 Å². The maximum absolute atomic E-state index is 12.1. The minimum Gasteiger partial charge on any atom is -0.505 e. The lowest BCUT2D eigenvalue weighted by Gasteiger charge is -2.13. The summed E-state index contributed by atoms with van der Waals surface area (Å²) in [6.07, 6.45) is 1.32. The fourth-order valence-electron chi connectivity index (χ4n) is 3.15. The van der Waals surface area contributed by atoms with E-state index in [1.165, 1.54) is 18.0 Å². The summed E-state index contributed by atoms with van der Waals surface area (Å²) < 4.78 is 12.1. The Balaban J connectivity index is 1.92. The van der Waals surface area contributed by atoms with Gasteiger partial charge in [0.05, 0.1) is 7.11 Å². The quantitative estimate of drug-likeness (QED) is 0.558. The average molecular weight is 363 g/mol. The molecule has 0 unspecified atom stereocenters. The van der Waals surface area contributed by atoms with Gasteiger partial charge in [0.2, 0.25) is 0 Å². The molecule has 0 spiro atoms. The number of aryl methyl sites for hydroxylation is 2. The monoisotopic (exact) mass is 363 g/mol. The number of carbonyl (C=O) groups excluding carboxylic acids is 1. The van der Waals surface area contributed by atoms with E-state index in [4.69, 9.17) is 9.47 Å². The van der Waals surface area contributed by atoms with Gasteiger partial charge >= 0.3 is 5.97 Å². The third-order valence-electron chi connectivity index (χ3n) is 4.48. The van der Waals surface area contributed by atoms with Gasteiger partial charge in [0, 0.05) is 10.8 Å². The topological polar surface area (TPSA) is 86.0 Å². The molecule has 0 saturated heterocycles. The van der Waals surface area contributed by atoms with Crippen molar-refractivity contribution in [2.45, 2.75) is 13.8 Å². The van der Waals surface area contributed by atoms with E-state index in [1.54, 1.807) is 18.2 Å². The Bertz CT molecular complexity index is 1180. The van der Waals surface area contributed by atoms with Gasteiger partial charge in [-0.2, -0.15) is 5.10 Å². The Morgan fingerprint density at radius 1 is 1.11 bits per heavy atom. The number of para-hydroxylation sites is 1. The summed E-state index contributed by atoms with van der Waals surface area (Å²) >= 11 is 0. The van der Waals surface area contributed by atoms with Gasteiger partial charge in [-0.05, 0) is 43.2 Å². The number of rotatable bonds is 3. The highest BCUT2D eigenvalue weighted by Gasteiger charge is 2.22. The molecule has 7 nitrogen and oxygen atoms in total. The number of hydrogen-bond acceptors (Lipinski definition) is 6. The molecule has 2 aromatic heterocycles. The van der Waals surface area contributed by atoms with Crippen LogP contribution in [0.15, 0.2) is 42.7 Å². The van der Waals surface area contributed by atoms with Crippen LogP contribution in [0.25, 0.3) is 16.4 Å². The van der Waals surface area contributed by atoms with Crippen molar-refractivity contribution in [3.05, 3.63) is 59.5 Å². The van der Waals surface area contributed by atoms with E-state index in [0.717, 1.165) is 16.9 Å². The second-order valence-electron chi connectivity index (χ2n) is 6.21. The molecule has 0 radical (unpaired) electrons. The zero-order chi connectivity index (χ0) is 19.1. The molecule has 0 saturated carbocycles. The molecule has 7 heteroatoms. The third kappa shape index (κ3) is 2.64. The smallest absolute Gasteiger partial charge is 0.360 e. The predicted octanol–water partition coefficient (Wildman–Crippen LogP) is 3.78. The SMILES string of the molecule is COC(=O)c1c(O)c2ccc(Oc3c(C)cccc3C)cc2c2ncnn12. The third-order valence-corrected chi connectivity index (χ3v) is 4.48. The summed E-state index contributed by atoms with van der Waals surface area (Å²) in [5.41, 5.74) is 2.40. The second kappa shape index (κ2) is 6.28. The van der Waals surface area contributed by atoms with E-state index in [-0.39, 0.29) is 11.4 Å². The zero-order valence-electron chi connectivity index (χ0n) is 15.1. The molecule has 0 aliphatic heterocycles. The van der Waals surface area contributed by atoms with Gasteiger partial charge in [0.25, 0.3) is 0 Å². The lowest BCUT2D eigenvalue weighted by atomic mass is 10.1. The number of fused-ring (bicyclic) bond motifs is 3. The number of methoxy groups -OCH3 is 1. The molecule has 27 heavy (non-hydrogen) atoms. The van der Waals surface area contributed by atoms with E-state index < -0.39 is 5.97 Å². The summed E-state index contributed by atoms with van der Waals surface area (Å²) in [6, 6.07) is 11.1. The Morgan fingerprint density at radius 3 is 2.56 bits per heavy atom. The summed E-state index contributed by atoms with van der Waals surface area (Å²) in [5.74, 6) is 0.467. The number of ether oxygens (including phenoxy) is 2. The lowest BCUT2D eigenvalue weighted by Crippen LogP contribution is -2.10. The number of aromatic nitrogens is 3. The minimum absolute atomic E-state index is 0.0686. The first kappa shape index (κ1) is 16.8. The van der Waals surface area contributed by atoms with Gasteiger partial charge in [0.1, 0.15) is 17.8 Å². The summed E-state index contributed by atoms with van der Waals surface area (Å²) in [7, 11) is 1.25. The second-order valence-corrected chi connectivity index (χ2v) is 6.21. The van der Waals surface area contributed by atoms with Crippen LogP contribution in [-0.4, -0.2) is 32.8 Å². The maximum atomic E-state index is 12.1. The molecule has 4 rings (SSSR count). The maximum Gasteiger partial charge on any atom is 0.360 e. The van der Waals surface area contributed by atoms with Crippen LogP contribution in [0.4, 0.5) is 0 Å². The first-order valence-corrected chi connectivity index (χ1v) is 8.32. The number of esters is 1. The van der Waals surface area contributed by atoms with E-state index in [9.17, 15) is 9.90 Å². The normalized spacial score (nSPS) is 11.1. The van der Waals surface area contributed by atoms with Crippen LogP contribution < -0.4 is 4.74 Å². The Hall–Kier alpha value is -3.61. The Labute approximate surface area is 154 Å². The van der Waals surface area contributed by atoms with Crippen LogP contribution in [0.3, 0.4) is 0 Å². The molecule has 0 bridgehead atoms. The zero-order valence-corrected chi connectivity index (χ0v) is 15.1. The highest BCUT2D eigenvalue weighted by Crippen LogP contribution is 2.36. The molecule has 0 fully saturated rings. The standard InChI is InChI=1S/C20H17N3O4/c1-11-5-4-6-12(2)18(11)27-13-7-8-14-15(9-13)19-21-10-22-23(19)16(17(14)24)20(25)26-3/h4-10,24H,1-3H3. The fourth-order valence-corrected chi connectivity index (χ4v) is 3.15. The van der Waals surface area contributed by atoms with Crippen LogP contribution in [0, 0.1) is 13.8 Å². The number of nitrogens with zero attached hydrogens (tertiary/aromatic N) is 3. The summed E-state index contributed by atoms with van der Waals surface area (Å²) in [4.78, 5) is 16.3. The predicted molar refractivity (Wildman–Crippen MR) is 99.5 cm³/mol. The Morgan fingerprint density at radius 2 is 1.85 bits per heavy atom. The van der Waals surface area contributed by atoms with E-state index in [0.29, 0.717) is 22.2 Å². The number of carbonyl (C=O) groups is 1. The van der Waals surface area contributed by atoms with Gasteiger partial charge in [-0.15, -0.1) is 0 Å². The van der Waals surface area contributed by atoms with Crippen molar-refractivity contribution in [3.63, 3.8) is 0 Å². The van der Waals surface area contributed by atoms with Gasteiger partial charge in [-0.25, -0.2) is 14.3 Å². The van der Waals surface area contributed by atoms with Crippen LogP contribution in [0.5, 0.6) is 17.2 Å².